The topological polar surface area (TPSA) is 9.23 Å². The SMILES string of the molecule is CCCC1CCC(C2(C3(CCC)C=CC(COCC4C=CC(CCC)(C5(C6CCC(CCC)CC6)CCCCC5)C=C4)C=C3)CCCCC2)CC1. The summed E-state index contributed by atoms with van der Waals surface area (Å²) in [6, 6.07) is 0. The van der Waals surface area contributed by atoms with Gasteiger partial charge in [-0.1, -0.05) is 179 Å². The summed E-state index contributed by atoms with van der Waals surface area (Å²) < 4.78 is 6.61. The minimum Gasteiger partial charge on any atom is -0.380 e. The quantitative estimate of drug-likeness (QED) is 0.146. The van der Waals surface area contributed by atoms with Crippen molar-refractivity contribution in [3.63, 3.8) is 0 Å². The summed E-state index contributed by atoms with van der Waals surface area (Å²) in [7, 11) is 0. The van der Waals surface area contributed by atoms with E-state index in [-0.39, 0.29) is 10.8 Å². The van der Waals surface area contributed by atoms with Gasteiger partial charge in [-0.05, 0) is 98.7 Å². The lowest BCUT2D eigenvalue weighted by molar-refractivity contribution is -0.0287. The molecule has 51 heavy (non-hydrogen) atoms. The van der Waals surface area contributed by atoms with Crippen molar-refractivity contribution < 1.29 is 4.74 Å². The summed E-state index contributed by atoms with van der Waals surface area (Å²) in [5.41, 5.74) is 1.46. The maximum Gasteiger partial charge on any atom is 0.0563 e. The highest BCUT2D eigenvalue weighted by Crippen LogP contribution is 2.64. The van der Waals surface area contributed by atoms with Crippen LogP contribution in [0.3, 0.4) is 0 Å². The third-order valence-electron chi connectivity index (χ3n) is 16.5. The van der Waals surface area contributed by atoms with Crippen molar-refractivity contribution in [1.29, 1.82) is 0 Å². The fourth-order valence-corrected chi connectivity index (χ4v) is 14.0. The summed E-state index contributed by atoms with van der Waals surface area (Å²) in [4.78, 5) is 0. The number of hydrogen-bond acceptors (Lipinski definition) is 1. The normalized spacial score (nSPS) is 37.8. The van der Waals surface area contributed by atoms with Crippen LogP contribution < -0.4 is 0 Å². The van der Waals surface area contributed by atoms with E-state index in [4.69, 9.17) is 4.74 Å². The molecule has 4 fully saturated rings. The minimum atomic E-state index is 0.253. The smallest absolute Gasteiger partial charge is 0.0563 e. The van der Waals surface area contributed by atoms with E-state index >= 15 is 0 Å². The molecule has 288 valence electrons. The van der Waals surface area contributed by atoms with Gasteiger partial charge in [0, 0.05) is 22.7 Å². The molecule has 0 unspecified atom stereocenters. The Kier molecular flexibility index (Phi) is 14.4. The molecule has 0 aliphatic heterocycles. The lowest BCUT2D eigenvalue weighted by Gasteiger charge is -2.57. The molecule has 0 aromatic carbocycles. The summed E-state index contributed by atoms with van der Waals surface area (Å²) in [6.45, 7) is 11.3. The highest BCUT2D eigenvalue weighted by Gasteiger charge is 2.54. The van der Waals surface area contributed by atoms with Crippen molar-refractivity contribution >= 4 is 0 Å². The molecule has 0 radical (unpaired) electrons. The first kappa shape index (κ1) is 39.6. The van der Waals surface area contributed by atoms with Gasteiger partial charge in [0.15, 0.2) is 0 Å². The zero-order chi connectivity index (χ0) is 35.6. The monoisotopic (exact) mass is 699 g/mol. The molecule has 0 saturated heterocycles. The average molecular weight is 699 g/mol. The highest BCUT2D eigenvalue weighted by atomic mass is 16.5. The van der Waals surface area contributed by atoms with Gasteiger partial charge in [-0.15, -0.1) is 0 Å². The largest absolute Gasteiger partial charge is 0.380 e. The lowest BCUT2D eigenvalue weighted by Crippen LogP contribution is -2.48. The Morgan fingerprint density at radius 1 is 0.451 bits per heavy atom. The van der Waals surface area contributed by atoms with Crippen molar-refractivity contribution in [1.82, 2.24) is 0 Å². The maximum atomic E-state index is 6.61. The van der Waals surface area contributed by atoms with Crippen LogP contribution in [0.25, 0.3) is 0 Å². The molecule has 6 rings (SSSR count). The molecule has 0 N–H and O–H groups in total. The van der Waals surface area contributed by atoms with Crippen LogP contribution in [0.1, 0.15) is 195 Å². The number of allylic oxidation sites excluding steroid dienone is 4. The lowest BCUT2D eigenvalue weighted by atomic mass is 9.47. The molecule has 6 aliphatic rings. The van der Waals surface area contributed by atoms with Crippen LogP contribution in [0.15, 0.2) is 48.6 Å². The Labute approximate surface area is 317 Å². The second kappa shape index (κ2) is 18.5. The molecule has 0 spiro atoms. The van der Waals surface area contributed by atoms with Crippen molar-refractivity contribution in [2.24, 2.45) is 57.2 Å². The van der Waals surface area contributed by atoms with Gasteiger partial charge in [0.05, 0.1) is 13.2 Å². The van der Waals surface area contributed by atoms with E-state index in [1.54, 1.807) is 0 Å². The van der Waals surface area contributed by atoms with Gasteiger partial charge in [-0.25, -0.2) is 0 Å². The molecule has 6 aliphatic carbocycles. The Bertz CT molecular complexity index is 1020. The Morgan fingerprint density at radius 3 is 1.12 bits per heavy atom. The summed E-state index contributed by atoms with van der Waals surface area (Å²) in [6.07, 6.45) is 58.5. The second-order valence-electron chi connectivity index (χ2n) is 19.3. The van der Waals surface area contributed by atoms with Crippen LogP contribution in [0.4, 0.5) is 0 Å². The van der Waals surface area contributed by atoms with E-state index in [1.807, 2.05) is 0 Å². The van der Waals surface area contributed by atoms with Crippen LogP contribution in [0.5, 0.6) is 0 Å². The third kappa shape index (κ3) is 8.45. The van der Waals surface area contributed by atoms with Crippen molar-refractivity contribution in [2.45, 2.75) is 195 Å². The molecular weight excluding hydrogens is 617 g/mol. The van der Waals surface area contributed by atoms with Crippen LogP contribution in [-0.2, 0) is 4.74 Å². The first-order valence-electron chi connectivity index (χ1n) is 23.3. The van der Waals surface area contributed by atoms with Gasteiger partial charge in [0.1, 0.15) is 0 Å². The van der Waals surface area contributed by atoms with Gasteiger partial charge < -0.3 is 4.74 Å². The molecule has 0 atom stereocenters. The van der Waals surface area contributed by atoms with Crippen molar-refractivity contribution in [3.05, 3.63) is 48.6 Å². The average Bonchev–Trinajstić information content (AvgIpc) is 3.18. The summed E-state index contributed by atoms with van der Waals surface area (Å²) in [5, 5.41) is 0. The Balaban J connectivity index is 1.08. The number of hydrogen-bond donors (Lipinski definition) is 0. The van der Waals surface area contributed by atoms with Gasteiger partial charge in [-0.2, -0.15) is 0 Å². The molecular formula is C50H82O. The predicted octanol–water partition coefficient (Wildman–Crippen LogP) is 15.2. The van der Waals surface area contributed by atoms with Gasteiger partial charge in [0.25, 0.3) is 0 Å². The molecule has 1 nitrogen and oxygen atoms in total. The van der Waals surface area contributed by atoms with E-state index < -0.39 is 0 Å². The molecule has 4 saturated carbocycles. The first-order chi connectivity index (χ1) is 25.0. The van der Waals surface area contributed by atoms with Crippen LogP contribution in [0.2, 0.25) is 0 Å². The van der Waals surface area contributed by atoms with E-state index in [0.717, 1.165) is 36.9 Å². The molecule has 1 heteroatoms. The van der Waals surface area contributed by atoms with Gasteiger partial charge in [-0.3, -0.25) is 0 Å². The maximum absolute atomic E-state index is 6.61. The zero-order valence-corrected chi connectivity index (χ0v) is 34.3. The molecule has 0 amide bonds. The fraction of sp³-hybridized carbons (Fsp3) is 0.840. The number of ether oxygens (including phenoxy) is 1. The molecule has 0 bridgehead atoms. The third-order valence-corrected chi connectivity index (χ3v) is 16.5. The predicted molar refractivity (Wildman–Crippen MR) is 221 cm³/mol. The van der Waals surface area contributed by atoms with Gasteiger partial charge >= 0.3 is 0 Å². The Morgan fingerprint density at radius 2 is 0.804 bits per heavy atom. The first-order valence-corrected chi connectivity index (χ1v) is 23.3. The highest BCUT2D eigenvalue weighted by molar-refractivity contribution is 5.28. The van der Waals surface area contributed by atoms with E-state index in [2.05, 4.69) is 76.3 Å². The second-order valence-corrected chi connectivity index (χ2v) is 19.3. The summed E-state index contributed by atoms with van der Waals surface area (Å²) >= 11 is 0. The van der Waals surface area contributed by atoms with E-state index in [0.29, 0.717) is 22.7 Å². The minimum absolute atomic E-state index is 0.253. The van der Waals surface area contributed by atoms with Crippen LogP contribution >= 0.6 is 0 Å². The van der Waals surface area contributed by atoms with Crippen LogP contribution in [-0.4, -0.2) is 13.2 Å². The Hall–Kier alpha value is -1.08. The molecule has 0 aromatic rings. The van der Waals surface area contributed by atoms with Crippen molar-refractivity contribution in [3.8, 4) is 0 Å². The molecule has 0 aromatic heterocycles. The standard InChI is InChI=1S/C50H82O/c1-5-15-41-17-21-45(22-18-41)49(31-11-9-12-32-49)47(29-7-3)35-25-43(26-36-47)39-51-40-44-27-37-48(30-8-4,38-28-44)50(33-13-10-14-34-50)46-23-19-42(16-6-2)20-24-46/h25-28,35-38,41-46H,5-24,29-34,39-40H2,1-4H3. The molecule has 0 heterocycles. The summed E-state index contributed by atoms with van der Waals surface area (Å²) in [5.74, 6) is 4.64. The fourth-order valence-electron chi connectivity index (χ4n) is 14.0. The van der Waals surface area contributed by atoms with Gasteiger partial charge in [0.2, 0.25) is 0 Å². The van der Waals surface area contributed by atoms with E-state index in [9.17, 15) is 0 Å². The van der Waals surface area contributed by atoms with Crippen LogP contribution in [0, 0.1) is 57.2 Å². The van der Waals surface area contributed by atoms with E-state index in [1.165, 1.54) is 167 Å². The number of rotatable bonds is 16. The zero-order valence-electron chi connectivity index (χ0n) is 34.3. The van der Waals surface area contributed by atoms with Crippen molar-refractivity contribution in [2.75, 3.05) is 13.2 Å².